The minimum absolute atomic E-state index is 0.0120. The minimum Gasteiger partial charge on any atom is -0.457 e. The maximum absolute atomic E-state index is 11.5. The second-order valence-corrected chi connectivity index (χ2v) is 8.27. The molecule has 3 aromatic carbocycles. The number of fused-ring (bicyclic) bond motifs is 1. The number of carbonyl (C=O) groups excluding carboxylic acids is 2. The fourth-order valence-electron chi connectivity index (χ4n) is 4.13. The SMILES string of the molecule is O=C1Cc2cc(Cc3ccc(Oc4ccc(CC5COCC(=O)N5)cc4)cc3)ccc2N1. The molecule has 32 heavy (non-hydrogen) atoms. The summed E-state index contributed by atoms with van der Waals surface area (Å²) in [4.78, 5) is 23.0. The maximum Gasteiger partial charge on any atom is 0.246 e. The van der Waals surface area contributed by atoms with Crippen molar-refractivity contribution in [1.29, 1.82) is 0 Å². The molecule has 1 unspecified atom stereocenters. The Hall–Kier alpha value is -3.64. The summed E-state index contributed by atoms with van der Waals surface area (Å²) >= 11 is 0. The zero-order valence-electron chi connectivity index (χ0n) is 17.6. The number of benzene rings is 3. The number of rotatable bonds is 6. The van der Waals surface area contributed by atoms with E-state index in [0.29, 0.717) is 13.0 Å². The van der Waals surface area contributed by atoms with Crippen LogP contribution < -0.4 is 15.4 Å². The van der Waals surface area contributed by atoms with E-state index in [4.69, 9.17) is 9.47 Å². The van der Waals surface area contributed by atoms with Crippen molar-refractivity contribution < 1.29 is 19.1 Å². The highest BCUT2D eigenvalue weighted by atomic mass is 16.5. The van der Waals surface area contributed by atoms with Gasteiger partial charge in [0.15, 0.2) is 0 Å². The second-order valence-electron chi connectivity index (χ2n) is 8.27. The number of hydrogen-bond donors (Lipinski definition) is 2. The predicted octanol–water partition coefficient (Wildman–Crippen LogP) is 3.62. The van der Waals surface area contributed by atoms with Crippen molar-refractivity contribution >= 4 is 17.5 Å². The molecule has 2 aliphatic heterocycles. The van der Waals surface area contributed by atoms with E-state index < -0.39 is 0 Å². The van der Waals surface area contributed by atoms with Gasteiger partial charge in [-0.1, -0.05) is 36.4 Å². The molecule has 162 valence electrons. The van der Waals surface area contributed by atoms with Crippen LogP contribution in [-0.4, -0.2) is 31.1 Å². The Labute approximate surface area is 186 Å². The van der Waals surface area contributed by atoms with Gasteiger partial charge in [-0.2, -0.15) is 0 Å². The first kappa shape index (κ1) is 20.3. The van der Waals surface area contributed by atoms with Crippen molar-refractivity contribution in [3.05, 3.63) is 89.0 Å². The summed E-state index contributed by atoms with van der Waals surface area (Å²) in [6.45, 7) is 0.685. The van der Waals surface area contributed by atoms with Crippen molar-refractivity contribution in [2.24, 2.45) is 0 Å². The molecule has 0 aromatic heterocycles. The summed E-state index contributed by atoms with van der Waals surface area (Å²) in [6, 6.07) is 22.1. The summed E-state index contributed by atoms with van der Waals surface area (Å²) in [5, 5.41) is 5.81. The van der Waals surface area contributed by atoms with Crippen LogP contribution in [-0.2, 0) is 33.6 Å². The van der Waals surface area contributed by atoms with Gasteiger partial charge < -0.3 is 20.1 Å². The number of amides is 2. The van der Waals surface area contributed by atoms with Crippen molar-refractivity contribution in [1.82, 2.24) is 5.32 Å². The lowest BCUT2D eigenvalue weighted by molar-refractivity contribution is -0.131. The van der Waals surface area contributed by atoms with Crippen LogP contribution in [0, 0.1) is 0 Å². The van der Waals surface area contributed by atoms with E-state index in [2.05, 4.69) is 34.9 Å². The first-order valence-corrected chi connectivity index (χ1v) is 10.8. The molecular formula is C26H24N2O4. The zero-order valence-corrected chi connectivity index (χ0v) is 17.6. The lowest BCUT2D eigenvalue weighted by atomic mass is 10.0. The van der Waals surface area contributed by atoms with Crippen molar-refractivity contribution in [2.45, 2.75) is 25.3 Å². The molecule has 0 spiro atoms. The molecule has 0 saturated carbocycles. The molecule has 6 nitrogen and oxygen atoms in total. The van der Waals surface area contributed by atoms with Crippen molar-refractivity contribution in [2.75, 3.05) is 18.5 Å². The summed E-state index contributed by atoms with van der Waals surface area (Å²) in [6.07, 6.45) is 1.99. The summed E-state index contributed by atoms with van der Waals surface area (Å²) in [5.41, 5.74) is 5.47. The number of anilines is 1. The van der Waals surface area contributed by atoms with Gasteiger partial charge in [0.05, 0.1) is 19.1 Å². The Kier molecular flexibility index (Phi) is 5.60. The molecule has 5 rings (SSSR count). The first-order valence-electron chi connectivity index (χ1n) is 10.8. The third kappa shape index (κ3) is 4.81. The van der Waals surface area contributed by atoms with Crippen LogP contribution >= 0.6 is 0 Å². The van der Waals surface area contributed by atoms with Crippen LogP contribution in [0.25, 0.3) is 0 Å². The van der Waals surface area contributed by atoms with Crippen LogP contribution in [0.15, 0.2) is 66.7 Å². The van der Waals surface area contributed by atoms with E-state index in [1.54, 1.807) is 0 Å². The average Bonchev–Trinajstić information content (AvgIpc) is 3.16. The minimum atomic E-state index is -0.0621. The topological polar surface area (TPSA) is 76.7 Å². The maximum atomic E-state index is 11.5. The highest BCUT2D eigenvalue weighted by Gasteiger charge is 2.19. The van der Waals surface area contributed by atoms with Crippen LogP contribution in [0.4, 0.5) is 5.69 Å². The standard InChI is InChI=1S/C26H24N2O4/c29-25-14-20-12-19(5-10-24(20)28-25)11-17-1-6-22(7-2-17)32-23-8-3-18(4-9-23)13-21-15-31-16-26(30)27-21/h1-10,12,21H,11,13-16H2,(H,27,30)(H,28,29). The molecule has 3 aromatic rings. The molecule has 1 atom stereocenters. The number of hydrogen-bond acceptors (Lipinski definition) is 4. The molecule has 1 saturated heterocycles. The smallest absolute Gasteiger partial charge is 0.246 e. The average molecular weight is 428 g/mol. The van der Waals surface area contributed by atoms with Crippen LogP contribution in [0.3, 0.4) is 0 Å². The van der Waals surface area contributed by atoms with Gasteiger partial charge in [-0.3, -0.25) is 9.59 Å². The Morgan fingerprint density at radius 2 is 1.53 bits per heavy atom. The molecule has 0 aliphatic carbocycles. The van der Waals surface area contributed by atoms with Crippen molar-refractivity contribution in [3.8, 4) is 11.5 Å². The van der Waals surface area contributed by atoms with Crippen molar-refractivity contribution in [3.63, 3.8) is 0 Å². The summed E-state index contributed by atoms with van der Waals surface area (Å²) < 4.78 is 11.3. The van der Waals surface area contributed by atoms with Gasteiger partial charge in [0.2, 0.25) is 11.8 Å². The monoisotopic (exact) mass is 428 g/mol. The highest BCUT2D eigenvalue weighted by molar-refractivity contribution is 5.99. The number of ether oxygens (including phenoxy) is 2. The van der Waals surface area contributed by atoms with Gasteiger partial charge in [0.1, 0.15) is 18.1 Å². The van der Waals surface area contributed by atoms with Gasteiger partial charge in [-0.05, 0) is 65.4 Å². The highest BCUT2D eigenvalue weighted by Crippen LogP contribution is 2.26. The predicted molar refractivity (Wildman–Crippen MR) is 121 cm³/mol. The number of nitrogens with one attached hydrogen (secondary N) is 2. The Bertz CT molecular complexity index is 1140. The van der Waals surface area contributed by atoms with Gasteiger partial charge in [-0.25, -0.2) is 0 Å². The lowest BCUT2D eigenvalue weighted by Gasteiger charge is -2.23. The Balaban J connectivity index is 1.17. The molecule has 0 radical (unpaired) electrons. The largest absolute Gasteiger partial charge is 0.457 e. The zero-order chi connectivity index (χ0) is 21.9. The molecule has 1 fully saturated rings. The van der Waals surface area contributed by atoms with E-state index in [-0.39, 0.29) is 24.5 Å². The molecule has 2 amide bonds. The number of carbonyl (C=O) groups is 2. The number of morpholine rings is 1. The van der Waals surface area contributed by atoms with Crippen LogP contribution in [0.1, 0.15) is 22.3 Å². The van der Waals surface area contributed by atoms with Gasteiger partial charge in [0.25, 0.3) is 0 Å². The molecule has 0 bridgehead atoms. The van der Waals surface area contributed by atoms with E-state index in [9.17, 15) is 9.59 Å². The van der Waals surface area contributed by atoms with Crippen LogP contribution in [0.2, 0.25) is 0 Å². The molecule has 2 heterocycles. The van der Waals surface area contributed by atoms with E-state index in [1.807, 2.05) is 42.5 Å². The third-order valence-electron chi connectivity index (χ3n) is 5.68. The van der Waals surface area contributed by atoms with E-state index in [0.717, 1.165) is 41.2 Å². The fourth-order valence-corrected chi connectivity index (χ4v) is 4.13. The van der Waals surface area contributed by atoms with E-state index >= 15 is 0 Å². The summed E-state index contributed by atoms with van der Waals surface area (Å²) in [7, 11) is 0. The molecule has 2 aliphatic rings. The van der Waals surface area contributed by atoms with Gasteiger partial charge in [0, 0.05) is 5.69 Å². The second kappa shape index (κ2) is 8.85. The normalized spacial score (nSPS) is 17.4. The van der Waals surface area contributed by atoms with Gasteiger partial charge in [-0.15, -0.1) is 0 Å². The van der Waals surface area contributed by atoms with E-state index in [1.165, 1.54) is 11.1 Å². The Morgan fingerprint density at radius 1 is 0.844 bits per heavy atom. The fraction of sp³-hybridized carbons (Fsp3) is 0.231. The molecule has 6 heteroatoms. The first-order chi connectivity index (χ1) is 15.6. The summed E-state index contributed by atoms with van der Waals surface area (Å²) in [5.74, 6) is 1.54. The quantitative estimate of drug-likeness (QED) is 0.629. The molecule has 2 N–H and O–H groups in total. The van der Waals surface area contributed by atoms with Crippen LogP contribution in [0.5, 0.6) is 11.5 Å². The Morgan fingerprint density at radius 3 is 2.25 bits per heavy atom. The lowest BCUT2D eigenvalue weighted by Crippen LogP contribution is -2.46. The third-order valence-corrected chi connectivity index (χ3v) is 5.68. The molecular weight excluding hydrogens is 404 g/mol. The van der Waals surface area contributed by atoms with Gasteiger partial charge >= 0.3 is 0 Å².